The van der Waals surface area contributed by atoms with Crippen molar-refractivity contribution < 1.29 is 5.11 Å². The minimum absolute atomic E-state index is 0.295. The summed E-state index contributed by atoms with van der Waals surface area (Å²) in [6, 6.07) is 8.28. The fourth-order valence-corrected chi connectivity index (χ4v) is 5.22. The first-order valence-corrected chi connectivity index (χ1v) is 10.5. The Hall–Kier alpha value is -2.35. The van der Waals surface area contributed by atoms with Crippen LogP contribution >= 0.6 is 11.3 Å². The number of nitrogens with zero attached hydrogens (tertiary/aromatic N) is 5. The number of hydrogen-bond donors (Lipinski definition) is 1. The van der Waals surface area contributed by atoms with Crippen LogP contribution in [0.2, 0.25) is 0 Å². The van der Waals surface area contributed by atoms with Crippen LogP contribution in [0, 0.1) is 5.92 Å². The molecule has 1 aliphatic heterocycles. The molecule has 5 rings (SSSR count). The molecule has 1 N–H and O–H groups in total. The van der Waals surface area contributed by atoms with E-state index in [1.54, 1.807) is 16.0 Å². The van der Waals surface area contributed by atoms with Crippen molar-refractivity contribution in [3.63, 3.8) is 0 Å². The largest absolute Gasteiger partial charge is 0.387 e. The summed E-state index contributed by atoms with van der Waals surface area (Å²) in [6.45, 7) is 2.07. The number of aliphatic hydroxyl groups is 1. The quantitative estimate of drug-likeness (QED) is 0.576. The minimum Gasteiger partial charge on any atom is -0.387 e. The molecule has 7 heteroatoms. The van der Waals surface area contributed by atoms with Gasteiger partial charge in [0, 0.05) is 53.1 Å². The molecule has 1 aliphatic rings. The predicted molar refractivity (Wildman–Crippen MR) is 112 cm³/mol. The van der Waals surface area contributed by atoms with E-state index in [0.717, 1.165) is 63.3 Å². The highest BCUT2D eigenvalue weighted by Gasteiger charge is 2.27. The third-order valence-electron chi connectivity index (χ3n) is 5.57. The molecule has 0 amide bonds. The first-order chi connectivity index (χ1) is 13.6. The molecule has 1 fully saturated rings. The van der Waals surface area contributed by atoms with Crippen molar-refractivity contribution >= 4 is 32.6 Å². The Bertz CT molecular complexity index is 1150. The van der Waals surface area contributed by atoms with E-state index in [1.165, 1.54) is 0 Å². The van der Waals surface area contributed by atoms with Gasteiger partial charge in [-0.3, -0.25) is 4.68 Å². The Morgan fingerprint density at radius 3 is 2.96 bits per heavy atom. The van der Waals surface area contributed by atoms with E-state index in [1.807, 2.05) is 25.5 Å². The molecular weight excluding hydrogens is 370 g/mol. The summed E-state index contributed by atoms with van der Waals surface area (Å²) in [4.78, 5) is 13.6. The number of pyridine rings is 2. The van der Waals surface area contributed by atoms with Crippen LogP contribution in [-0.2, 0) is 7.05 Å². The number of likely N-dealkylation sites (tertiary alicyclic amines) is 1. The number of rotatable bonds is 3. The zero-order valence-electron chi connectivity index (χ0n) is 16.0. The van der Waals surface area contributed by atoms with Gasteiger partial charge in [-0.1, -0.05) is 0 Å². The summed E-state index contributed by atoms with van der Waals surface area (Å²) in [7, 11) is 4.03. The van der Waals surface area contributed by atoms with Gasteiger partial charge in [-0.05, 0) is 50.7 Å². The van der Waals surface area contributed by atoms with Gasteiger partial charge in [0.05, 0.1) is 11.8 Å². The lowest BCUT2D eigenvalue weighted by Gasteiger charge is -2.32. The van der Waals surface area contributed by atoms with Gasteiger partial charge >= 0.3 is 0 Å². The molecule has 0 aliphatic carbocycles. The van der Waals surface area contributed by atoms with Crippen LogP contribution in [0.3, 0.4) is 0 Å². The van der Waals surface area contributed by atoms with Crippen molar-refractivity contribution in [2.75, 3.05) is 20.1 Å². The van der Waals surface area contributed by atoms with Crippen molar-refractivity contribution in [1.82, 2.24) is 24.6 Å². The molecule has 0 unspecified atom stereocenters. The van der Waals surface area contributed by atoms with E-state index < -0.39 is 6.10 Å². The number of hydrogen-bond acceptors (Lipinski definition) is 6. The molecule has 0 saturated carbocycles. The second kappa shape index (κ2) is 6.92. The van der Waals surface area contributed by atoms with Gasteiger partial charge in [0.2, 0.25) is 0 Å². The van der Waals surface area contributed by atoms with E-state index in [-0.39, 0.29) is 0 Å². The van der Waals surface area contributed by atoms with Crippen LogP contribution in [0.1, 0.15) is 23.8 Å². The molecule has 144 valence electrons. The number of aromatic nitrogens is 4. The molecule has 0 bridgehead atoms. The van der Waals surface area contributed by atoms with E-state index in [4.69, 9.17) is 4.98 Å². The molecule has 2 atom stereocenters. The fourth-order valence-electron chi connectivity index (χ4n) is 4.11. The predicted octanol–water partition coefficient (Wildman–Crippen LogP) is 3.62. The normalized spacial score (nSPS) is 19.5. The van der Waals surface area contributed by atoms with Crippen LogP contribution < -0.4 is 0 Å². The maximum Gasteiger partial charge on any atom is 0.181 e. The third kappa shape index (κ3) is 3.19. The van der Waals surface area contributed by atoms with Gasteiger partial charge < -0.3 is 10.0 Å². The van der Waals surface area contributed by atoms with Crippen LogP contribution in [-0.4, -0.2) is 49.9 Å². The summed E-state index contributed by atoms with van der Waals surface area (Å²) >= 11 is 1.60. The molecule has 5 heterocycles. The topological polar surface area (TPSA) is 67.1 Å². The summed E-state index contributed by atoms with van der Waals surface area (Å²) < 4.78 is 1.77. The number of aryl methyl sites for hydroxylation is 1. The zero-order valence-corrected chi connectivity index (χ0v) is 16.9. The van der Waals surface area contributed by atoms with Crippen molar-refractivity contribution in [2.24, 2.45) is 13.0 Å². The molecule has 28 heavy (non-hydrogen) atoms. The molecule has 0 aromatic carbocycles. The van der Waals surface area contributed by atoms with Crippen molar-refractivity contribution in [2.45, 2.75) is 18.9 Å². The lowest BCUT2D eigenvalue weighted by molar-refractivity contribution is 0.0617. The lowest BCUT2D eigenvalue weighted by Crippen LogP contribution is -2.34. The highest BCUT2D eigenvalue weighted by molar-refractivity contribution is 7.18. The van der Waals surface area contributed by atoms with Crippen molar-refractivity contribution in [3.05, 3.63) is 41.5 Å². The van der Waals surface area contributed by atoms with Gasteiger partial charge in [-0.15, -0.1) is 11.3 Å². The Morgan fingerprint density at radius 2 is 2.11 bits per heavy atom. The Labute approximate surface area is 167 Å². The highest BCUT2D eigenvalue weighted by Crippen LogP contribution is 2.36. The Morgan fingerprint density at radius 1 is 1.21 bits per heavy atom. The number of thiophene rings is 1. The Balaban J connectivity index is 1.47. The van der Waals surface area contributed by atoms with Gasteiger partial charge in [0.1, 0.15) is 4.83 Å². The molecule has 0 spiro atoms. The maximum atomic E-state index is 10.9. The summed E-state index contributed by atoms with van der Waals surface area (Å²) in [5.74, 6) is 0.295. The van der Waals surface area contributed by atoms with E-state index in [2.05, 4.69) is 40.2 Å². The summed E-state index contributed by atoms with van der Waals surface area (Å²) in [5, 5.41) is 17.3. The fraction of sp³-hybridized carbons (Fsp3) is 0.381. The Kier molecular flexibility index (Phi) is 4.38. The van der Waals surface area contributed by atoms with Crippen LogP contribution in [0.15, 0.2) is 36.7 Å². The molecule has 1 saturated heterocycles. The van der Waals surface area contributed by atoms with Gasteiger partial charge in [-0.25, -0.2) is 9.97 Å². The average molecular weight is 394 g/mol. The molecule has 4 aromatic heterocycles. The third-order valence-corrected chi connectivity index (χ3v) is 6.69. The first kappa shape index (κ1) is 17.7. The van der Waals surface area contributed by atoms with Crippen LogP contribution in [0.25, 0.3) is 32.5 Å². The second-order valence-electron chi connectivity index (χ2n) is 7.79. The smallest absolute Gasteiger partial charge is 0.181 e. The van der Waals surface area contributed by atoms with Gasteiger partial charge in [0.15, 0.2) is 5.65 Å². The number of piperidine rings is 1. The number of aliphatic hydroxyl groups excluding tert-OH is 1. The van der Waals surface area contributed by atoms with Gasteiger partial charge in [0.25, 0.3) is 0 Å². The number of fused-ring (bicyclic) bond motifs is 2. The summed E-state index contributed by atoms with van der Waals surface area (Å²) in [6.07, 6.45) is 5.60. The van der Waals surface area contributed by atoms with Crippen LogP contribution in [0.4, 0.5) is 0 Å². The molecular formula is C21H23N5OS. The monoisotopic (exact) mass is 393 g/mol. The SMILES string of the molecule is CN1CCC[C@@H]([C@@H](O)c2cc3ccc(-c4cnc5nn(C)cc5c4)nc3s2)C1. The maximum absolute atomic E-state index is 10.9. The van der Waals surface area contributed by atoms with Crippen LogP contribution in [0.5, 0.6) is 0 Å². The highest BCUT2D eigenvalue weighted by atomic mass is 32.1. The van der Waals surface area contributed by atoms with E-state index in [0.29, 0.717) is 5.92 Å². The van der Waals surface area contributed by atoms with Gasteiger partial charge in [-0.2, -0.15) is 5.10 Å². The standard InChI is InChI=1S/C21H23N5OS/c1-25-7-3-4-14(11-25)19(27)18-9-13-5-6-17(23-21(13)28-18)15-8-16-12-26(2)24-20(16)22-10-15/h5-6,8-10,12,14,19,27H,3-4,7,11H2,1-2H3/t14-,19-/m1/s1. The van der Waals surface area contributed by atoms with Crippen molar-refractivity contribution in [1.29, 1.82) is 0 Å². The minimum atomic E-state index is -0.418. The molecule has 6 nitrogen and oxygen atoms in total. The van der Waals surface area contributed by atoms with E-state index in [9.17, 15) is 5.11 Å². The molecule has 0 radical (unpaired) electrons. The average Bonchev–Trinajstić information content (AvgIpc) is 3.28. The first-order valence-electron chi connectivity index (χ1n) is 9.64. The second-order valence-corrected chi connectivity index (χ2v) is 8.85. The zero-order chi connectivity index (χ0) is 19.3. The van der Waals surface area contributed by atoms with Crippen molar-refractivity contribution in [3.8, 4) is 11.3 Å². The van der Waals surface area contributed by atoms with E-state index >= 15 is 0 Å². The lowest BCUT2D eigenvalue weighted by atomic mass is 9.92. The summed E-state index contributed by atoms with van der Waals surface area (Å²) in [5.41, 5.74) is 2.61. The molecule has 4 aromatic rings.